The largest absolute Gasteiger partial charge is 0.338 e. The van der Waals surface area contributed by atoms with Gasteiger partial charge in [-0.2, -0.15) is 0 Å². The Labute approximate surface area is 149 Å². The van der Waals surface area contributed by atoms with Gasteiger partial charge in [0.05, 0.1) is 5.56 Å². The standard InChI is InChI=1S/C19H28FN3O2/c1-13(21-18(25)22-19(2,3)4)14-8-7-11-23(12-14)17(24)15-9-5-6-10-16(15)20/h5-6,9-10,13-14H,7-8,11-12H2,1-4H3,(H2,21,22,25)/t13-,14-/m1/s1. The van der Waals surface area contributed by atoms with Gasteiger partial charge in [0.2, 0.25) is 0 Å². The third-order valence-corrected chi connectivity index (χ3v) is 4.40. The van der Waals surface area contributed by atoms with Crippen LogP contribution in [0.3, 0.4) is 0 Å². The highest BCUT2D eigenvalue weighted by Gasteiger charge is 2.30. The third kappa shape index (κ3) is 5.44. The lowest BCUT2D eigenvalue weighted by Gasteiger charge is -2.36. The number of nitrogens with zero attached hydrogens (tertiary/aromatic N) is 1. The van der Waals surface area contributed by atoms with Crippen molar-refractivity contribution in [2.24, 2.45) is 5.92 Å². The molecule has 0 saturated carbocycles. The SMILES string of the molecule is C[C@@H](NC(=O)NC(C)(C)C)[C@@H]1CCCN(C(=O)c2ccccc2F)C1. The minimum atomic E-state index is -0.495. The maximum Gasteiger partial charge on any atom is 0.315 e. The number of likely N-dealkylation sites (tertiary alicyclic amines) is 1. The van der Waals surface area contributed by atoms with Crippen LogP contribution >= 0.6 is 0 Å². The molecule has 2 rings (SSSR count). The van der Waals surface area contributed by atoms with Gasteiger partial charge in [0.25, 0.3) is 5.91 Å². The highest BCUT2D eigenvalue weighted by atomic mass is 19.1. The lowest BCUT2D eigenvalue weighted by molar-refractivity contribution is 0.0649. The second kappa shape index (κ2) is 7.85. The topological polar surface area (TPSA) is 61.4 Å². The minimum Gasteiger partial charge on any atom is -0.338 e. The summed E-state index contributed by atoms with van der Waals surface area (Å²) in [6.45, 7) is 8.85. The summed E-state index contributed by atoms with van der Waals surface area (Å²) in [6.07, 6.45) is 1.77. The van der Waals surface area contributed by atoms with Crippen molar-refractivity contribution in [3.8, 4) is 0 Å². The van der Waals surface area contributed by atoms with E-state index in [1.165, 1.54) is 12.1 Å². The Balaban J connectivity index is 1.97. The van der Waals surface area contributed by atoms with Gasteiger partial charge in [0.1, 0.15) is 5.82 Å². The molecule has 0 aromatic heterocycles. The molecule has 0 radical (unpaired) electrons. The molecule has 2 atom stereocenters. The van der Waals surface area contributed by atoms with Crippen LogP contribution in [0.4, 0.5) is 9.18 Å². The quantitative estimate of drug-likeness (QED) is 0.880. The smallest absolute Gasteiger partial charge is 0.315 e. The summed E-state index contributed by atoms with van der Waals surface area (Å²) in [6, 6.07) is 5.77. The van der Waals surface area contributed by atoms with Crippen molar-refractivity contribution in [1.29, 1.82) is 0 Å². The Morgan fingerprint density at radius 3 is 2.60 bits per heavy atom. The molecular weight excluding hydrogens is 321 g/mol. The average molecular weight is 349 g/mol. The average Bonchev–Trinajstić information content (AvgIpc) is 2.53. The minimum absolute atomic E-state index is 0.0708. The van der Waals surface area contributed by atoms with Crippen molar-refractivity contribution in [1.82, 2.24) is 15.5 Å². The summed E-state index contributed by atoms with van der Waals surface area (Å²) >= 11 is 0. The van der Waals surface area contributed by atoms with Crippen LogP contribution in [0.1, 0.15) is 50.9 Å². The number of nitrogens with one attached hydrogen (secondary N) is 2. The van der Waals surface area contributed by atoms with Crippen LogP contribution in [-0.2, 0) is 0 Å². The van der Waals surface area contributed by atoms with E-state index in [1.54, 1.807) is 17.0 Å². The normalized spacial score (nSPS) is 19.2. The maximum absolute atomic E-state index is 13.9. The highest BCUT2D eigenvalue weighted by molar-refractivity contribution is 5.94. The first kappa shape index (κ1) is 19.2. The summed E-state index contributed by atoms with van der Waals surface area (Å²) in [5, 5.41) is 5.83. The molecule has 25 heavy (non-hydrogen) atoms. The fourth-order valence-corrected chi connectivity index (χ4v) is 3.11. The van der Waals surface area contributed by atoms with Crippen LogP contribution in [0.25, 0.3) is 0 Å². The zero-order valence-electron chi connectivity index (χ0n) is 15.4. The summed E-state index contributed by atoms with van der Waals surface area (Å²) in [5.74, 6) is -0.630. The zero-order valence-corrected chi connectivity index (χ0v) is 15.4. The lowest BCUT2D eigenvalue weighted by Crippen LogP contribution is -2.53. The summed E-state index contributed by atoms with van der Waals surface area (Å²) < 4.78 is 13.9. The molecule has 1 aromatic carbocycles. The van der Waals surface area contributed by atoms with E-state index in [4.69, 9.17) is 0 Å². The van der Waals surface area contributed by atoms with E-state index in [0.29, 0.717) is 13.1 Å². The second-order valence-electron chi connectivity index (χ2n) is 7.77. The van der Waals surface area contributed by atoms with Crippen LogP contribution in [0.5, 0.6) is 0 Å². The predicted molar refractivity (Wildman–Crippen MR) is 95.9 cm³/mol. The first-order valence-corrected chi connectivity index (χ1v) is 8.80. The Hall–Kier alpha value is -2.11. The van der Waals surface area contributed by atoms with Crippen molar-refractivity contribution in [3.05, 3.63) is 35.6 Å². The van der Waals surface area contributed by atoms with Crippen LogP contribution in [0, 0.1) is 11.7 Å². The van der Waals surface area contributed by atoms with Crippen molar-refractivity contribution in [2.45, 2.75) is 52.1 Å². The summed E-state index contributed by atoms with van der Waals surface area (Å²) in [5.41, 5.74) is -0.197. The molecular formula is C19H28FN3O2. The van der Waals surface area contributed by atoms with Crippen LogP contribution in [0.2, 0.25) is 0 Å². The van der Waals surface area contributed by atoms with Gasteiger partial charge in [-0.1, -0.05) is 12.1 Å². The first-order chi connectivity index (χ1) is 11.7. The Morgan fingerprint density at radius 1 is 1.28 bits per heavy atom. The van der Waals surface area contributed by atoms with Crippen LogP contribution in [0.15, 0.2) is 24.3 Å². The number of hydrogen-bond acceptors (Lipinski definition) is 2. The lowest BCUT2D eigenvalue weighted by atomic mass is 9.91. The molecule has 1 fully saturated rings. The van der Waals surface area contributed by atoms with E-state index in [1.807, 2.05) is 27.7 Å². The van der Waals surface area contributed by atoms with Crippen molar-refractivity contribution >= 4 is 11.9 Å². The molecule has 5 nitrogen and oxygen atoms in total. The number of carbonyl (C=O) groups excluding carboxylic acids is 2. The molecule has 1 aliphatic heterocycles. The molecule has 0 bridgehead atoms. The summed E-state index contributed by atoms with van der Waals surface area (Å²) in [4.78, 5) is 26.3. The van der Waals surface area contributed by atoms with E-state index in [2.05, 4.69) is 10.6 Å². The predicted octanol–water partition coefficient (Wildman–Crippen LogP) is 3.16. The van der Waals surface area contributed by atoms with Gasteiger partial charge in [-0.3, -0.25) is 4.79 Å². The molecule has 0 spiro atoms. The fraction of sp³-hybridized carbons (Fsp3) is 0.579. The number of urea groups is 1. The zero-order chi connectivity index (χ0) is 18.6. The number of amides is 3. The fourth-order valence-electron chi connectivity index (χ4n) is 3.11. The van der Waals surface area contributed by atoms with Crippen LogP contribution in [-0.4, -0.2) is 41.5 Å². The summed E-state index contributed by atoms with van der Waals surface area (Å²) in [7, 11) is 0. The molecule has 1 saturated heterocycles. The van der Waals surface area contributed by atoms with E-state index < -0.39 is 5.82 Å². The van der Waals surface area contributed by atoms with Gasteiger partial charge >= 0.3 is 6.03 Å². The number of carbonyl (C=O) groups is 2. The molecule has 1 aromatic rings. The molecule has 0 aliphatic carbocycles. The highest BCUT2D eigenvalue weighted by Crippen LogP contribution is 2.22. The maximum atomic E-state index is 13.9. The number of rotatable bonds is 3. The van der Waals surface area contributed by atoms with E-state index >= 15 is 0 Å². The molecule has 0 unspecified atom stereocenters. The Bertz CT molecular complexity index is 627. The van der Waals surface area contributed by atoms with Crippen molar-refractivity contribution < 1.29 is 14.0 Å². The van der Waals surface area contributed by atoms with Gasteiger partial charge in [-0.25, -0.2) is 9.18 Å². The first-order valence-electron chi connectivity index (χ1n) is 8.80. The van der Waals surface area contributed by atoms with Gasteiger partial charge in [0, 0.05) is 24.7 Å². The van der Waals surface area contributed by atoms with E-state index in [-0.39, 0.29) is 35.0 Å². The molecule has 1 aliphatic rings. The third-order valence-electron chi connectivity index (χ3n) is 4.40. The molecule has 6 heteroatoms. The number of benzene rings is 1. The van der Waals surface area contributed by atoms with Gasteiger partial charge < -0.3 is 15.5 Å². The molecule has 1 heterocycles. The molecule has 138 valence electrons. The Kier molecular flexibility index (Phi) is 6.03. The van der Waals surface area contributed by atoms with Crippen LogP contribution < -0.4 is 10.6 Å². The number of piperidine rings is 1. The van der Waals surface area contributed by atoms with Crippen molar-refractivity contribution in [3.63, 3.8) is 0 Å². The van der Waals surface area contributed by atoms with E-state index in [0.717, 1.165) is 12.8 Å². The van der Waals surface area contributed by atoms with Gasteiger partial charge in [-0.15, -0.1) is 0 Å². The Morgan fingerprint density at radius 2 is 1.96 bits per heavy atom. The molecule has 2 N–H and O–H groups in total. The second-order valence-corrected chi connectivity index (χ2v) is 7.77. The molecule has 3 amide bonds. The number of hydrogen-bond donors (Lipinski definition) is 2. The van der Waals surface area contributed by atoms with Crippen molar-refractivity contribution in [2.75, 3.05) is 13.1 Å². The van der Waals surface area contributed by atoms with Gasteiger partial charge in [0.15, 0.2) is 0 Å². The number of halogens is 1. The monoisotopic (exact) mass is 349 g/mol. The van der Waals surface area contributed by atoms with E-state index in [9.17, 15) is 14.0 Å². The van der Waals surface area contributed by atoms with Gasteiger partial charge in [-0.05, 0) is 58.6 Å².